The van der Waals surface area contributed by atoms with E-state index in [1.54, 1.807) is 65.6 Å². The van der Waals surface area contributed by atoms with E-state index >= 15 is 0 Å². The molecule has 1 saturated carbocycles. The standard InChI is InChI=1S/C26H21Cl2N3O2/c1-29-21-6-4-5-18(17-21)26(33)25(15-2-3-16-25)30(22-11-7-19(27)8-12-22)24(32)31(26)23-13-9-20(28)10-14-23/h4-14,17,33H,2-3,15-16H2. The lowest BCUT2D eigenvalue weighted by Crippen LogP contribution is -2.58. The molecule has 2 aliphatic rings. The van der Waals surface area contributed by atoms with Crippen molar-refractivity contribution in [2.24, 2.45) is 0 Å². The van der Waals surface area contributed by atoms with Gasteiger partial charge in [-0.05, 0) is 73.0 Å². The van der Waals surface area contributed by atoms with Crippen molar-refractivity contribution in [3.63, 3.8) is 0 Å². The Labute approximate surface area is 202 Å². The van der Waals surface area contributed by atoms with Crippen molar-refractivity contribution in [1.82, 2.24) is 0 Å². The number of aliphatic hydroxyl groups is 1. The third kappa shape index (κ3) is 3.21. The van der Waals surface area contributed by atoms with E-state index in [4.69, 9.17) is 29.8 Å². The quantitative estimate of drug-likeness (QED) is 0.407. The maximum atomic E-state index is 14.1. The first-order valence-corrected chi connectivity index (χ1v) is 11.5. The molecule has 2 fully saturated rings. The van der Waals surface area contributed by atoms with Crippen LogP contribution in [0.1, 0.15) is 31.2 Å². The van der Waals surface area contributed by atoms with Crippen LogP contribution in [0.25, 0.3) is 4.85 Å². The number of halogens is 2. The molecule has 1 aliphatic heterocycles. The summed E-state index contributed by atoms with van der Waals surface area (Å²) in [6.07, 6.45) is 2.97. The number of amides is 2. The van der Waals surface area contributed by atoms with E-state index in [0.717, 1.165) is 12.8 Å². The maximum absolute atomic E-state index is 14.1. The summed E-state index contributed by atoms with van der Waals surface area (Å²) in [6, 6.07) is 20.5. The summed E-state index contributed by atoms with van der Waals surface area (Å²) in [4.78, 5) is 20.9. The number of nitrogens with zero attached hydrogens (tertiary/aromatic N) is 3. The predicted octanol–water partition coefficient (Wildman–Crippen LogP) is 7.15. The van der Waals surface area contributed by atoms with Crippen molar-refractivity contribution >= 4 is 46.3 Å². The van der Waals surface area contributed by atoms with Crippen LogP contribution in [0.5, 0.6) is 0 Å². The minimum absolute atomic E-state index is 0.336. The van der Waals surface area contributed by atoms with E-state index in [1.807, 2.05) is 12.1 Å². The van der Waals surface area contributed by atoms with E-state index in [9.17, 15) is 9.90 Å². The zero-order valence-electron chi connectivity index (χ0n) is 17.7. The molecule has 0 bridgehead atoms. The summed E-state index contributed by atoms with van der Waals surface area (Å²) in [5.74, 6) is 0. The fraction of sp³-hybridized carbons (Fsp3) is 0.231. The van der Waals surface area contributed by atoms with E-state index in [1.165, 1.54) is 4.90 Å². The van der Waals surface area contributed by atoms with E-state index in [-0.39, 0.29) is 6.03 Å². The lowest BCUT2D eigenvalue weighted by atomic mass is 9.79. The molecule has 1 aliphatic carbocycles. The average molecular weight is 478 g/mol. The Kier molecular flexibility index (Phi) is 5.33. The minimum Gasteiger partial charge on any atom is -0.365 e. The molecule has 1 N–H and O–H groups in total. The molecule has 3 aromatic carbocycles. The number of carbonyl (C=O) groups is 1. The summed E-state index contributed by atoms with van der Waals surface area (Å²) in [5.41, 5.74) is -0.502. The van der Waals surface area contributed by atoms with Crippen molar-refractivity contribution in [2.75, 3.05) is 9.80 Å². The Hall–Kier alpha value is -3.04. The first-order valence-electron chi connectivity index (χ1n) is 10.8. The van der Waals surface area contributed by atoms with Gasteiger partial charge in [0.25, 0.3) is 0 Å². The van der Waals surface area contributed by atoms with Gasteiger partial charge >= 0.3 is 6.03 Å². The highest BCUT2D eigenvalue weighted by molar-refractivity contribution is 6.31. The number of hydrogen-bond donors (Lipinski definition) is 1. The summed E-state index contributed by atoms with van der Waals surface area (Å²) < 4.78 is 0. The van der Waals surface area contributed by atoms with E-state index in [0.29, 0.717) is 45.5 Å². The Balaban J connectivity index is 1.80. The summed E-state index contributed by atoms with van der Waals surface area (Å²) >= 11 is 12.2. The van der Waals surface area contributed by atoms with Gasteiger partial charge in [-0.15, -0.1) is 0 Å². The van der Waals surface area contributed by atoms with E-state index < -0.39 is 11.3 Å². The Morgan fingerprint density at radius 1 is 0.848 bits per heavy atom. The molecule has 0 radical (unpaired) electrons. The van der Waals surface area contributed by atoms with Crippen LogP contribution in [0.4, 0.5) is 21.9 Å². The monoisotopic (exact) mass is 477 g/mol. The molecule has 1 atom stereocenters. The molecule has 5 nitrogen and oxygen atoms in total. The first kappa shape index (κ1) is 21.8. The van der Waals surface area contributed by atoms with Gasteiger partial charge in [-0.2, -0.15) is 0 Å². The van der Waals surface area contributed by atoms with Crippen LogP contribution in [0, 0.1) is 6.57 Å². The summed E-state index contributed by atoms with van der Waals surface area (Å²) in [7, 11) is 0. The number of anilines is 2. The van der Waals surface area contributed by atoms with Gasteiger partial charge in [-0.3, -0.25) is 9.80 Å². The Morgan fingerprint density at radius 2 is 1.39 bits per heavy atom. The molecule has 1 saturated heterocycles. The van der Waals surface area contributed by atoms with Gasteiger partial charge in [0.1, 0.15) is 5.54 Å². The van der Waals surface area contributed by atoms with E-state index in [2.05, 4.69) is 4.85 Å². The third-order valence-electron chi connectivity index (χ3n) is 6.76. The van der Waals surface area contributed by atoms with Crippen LogP contribution < -0.4 is 9.80 Å². The number of carbonyl (C=O) groups excluding carboxylic acids is 1. The van der Waals surface area contributed by atoms with Gasteiger partial charge in [-0.1, -0.05) is 54.2 Å². The Bertz CT molecular complexity index is 1250. The van der Waals surface area contributed by atoms with Crippen molar-refractivity contribution in [1.29, 1.82) is 0 Å². The first-order chi connectivity index (χ1) is 15.9. The Morgan fingerprint density at radius 3 is 1.94 bits per heavy atom. The second-order valence-electron chi connectivity index (χ2n) is 8.48. The number of urea groups is 1. The molecule has 166 valence electrons. The van der Waals surface area contributed by atoms with Crippen LogP contribution in [0.3, 0.4) is 0 Å². The van der Waals surface area contributed by atoms with Crippen LogP contribution in [-0.4, -0.2) is 16.7 Å². The van der Waals surface area contributed by atoms with Gasteiger partial charge in [-0.25, -0.2) is 9.64 Å². The summed E-state index contributed by atoms with van der Waals surface area (Å²) in [5, 5.41) is 13.8. The number of benzene rings is 3. The van der Waals surface area contributed by atoms with Gasteiger partial charge in [0.15, 0.2) is 11.4 Å². The fourth-order valence-corrected chi connectivity index (χ4v) is 5.59. The number of rotatable bonds is 3. The predicted molar refractivity (Wildman–Crippen MR) is 131 cm³/mol. The highest BCUT2D eigenvalue weighted by atomic mass is 35.5. The molecular formula is C26H21Cl2N3O2. The molecular weight excluding hydrogens is 457 g/mol. The molecule has 1 heterocycles. The maximum Gasteiger partial charge on any atom is 0.332 e. The molecule has 1 spiro atoms. The van der Waals surface area contributed by atoms with Crippen LogP contribution in [0.2, 0.25) is 10.0 Å². The van der Waals surface area contributed by atoms with Crippen molar-refractivity contribution in [2.45, 2.75) is 36.9 Å². The van der Waals surface area contributed by atoms with Crippen LogP contribution in [-0.2, 0) is 5.72 Å². The van der Waals surface area contributed by atoms with Crippen LogP contribution in [0.15, 0.2) is 72.8 Å². The highest BCUT2D eigenvalue weighted by Crippen LogP contribution is 2.57. The zero-order chi connectivity index (χ0) is 23.2. The topological polar surface area (TPSA) is 48.1 Å². The second kappa shape index (κ2) is 8.07. The molecule has 33 heavy (non-hydrogen) atoms. The van der Waals surface area contributed by atoms with Gasteiger partial charge < -0.3 is 5.11 Å². The highest BCUT2D eigenvalue weighted by Gasteiger charge is 2.68. The molecule has 7 heteroatoms. The second-order valence-corrected chi connectivity index (χ2v) is 9.35. The SMILES string of the molecule is [C-]#[N+]c1cccc(C2(O)N(c3ccc(Cl)cc3)C(=O)N(c3ccc(Cl)cc3)C23CCCC3)c1. The lowest BCUT2D eigenvalue weighted by Gasteiger charge is -2.45. The van der Waals surface area contributed by atoms with Crippen molar-refractivity contribution in [3.05, 3.63) is 99.8 Å². The molecule has 5 rings (SSSR count). The molecule has 0 aromatic heterocycles. The van der Waals surface area contributed by atoms with Gasteiger partial charge in [0.05, 0.1) is 6.57 Å². The summed E-state index contributed by atoms with van der Waals surface area (Å²) in [6.45, 7) is 7.47. The number of hydrogen-bond acceptors (Lipinski definition) is 2. The fourth-order valence-electron chi connectivity index (χ4n) is 5.34. The van der Waals surface area contributed by atoms with Crippen LogP contribution >= 0.6 is 23.2 Å². The largest absolute Gasteiger partial charge is 0.365 e. The smallest absolute Gasteiger partial charge is 0.332 e. The molecule has 2 amide bonds. The average Bonchev–Trinajstić information content (AvgIpc) is 3.39. The zero-order valence-corrected chi connectivity index (χ0v) is 19.2. The normalized spacial score (nSPS) is 21.6. The minimum atomic E-state index is -1.70. The van der Waals surface area contributed by atoms with Gasteiger partial charge in [0, 0.05) is 21.4 Å². The van der Waals surface area contributed by atoms with Crippen molar-refractivity contribution in [3.8, 4) is 0 Å². The molecule has 3 aromatic rings. The molecule has 1 unspecified atom stereocenters. The third-order valence-corrected chi connectivity index (χ3v) is 7.27. The van der Waals surface area contributed by atoms with Gasteiger partial charge in [0.2, 0.25) is 0 Å². The van der Waals surface area contributed by atoms with Crippen molar-refractivity contribution < 1.29 is 9.90 Å². The lowest BCUT2D eigenvalue weighted by molar-refractivity contribution is -0.0151.